The summed E-state index contributed by atoms with van der Waals surface area (Å²) in [7, 11) is 0. The van der Waals surface area contributed by atoms with Crippen LogP contribution in [0, 0.1) is 5.92 Å². The van der Waals surface area contributed by atoms with Crippen molar-refractivity contribution >= 4 is 5.97 Å². The molecule has 0 radical (unpaired) electrons. The summed E-state index contributed by atoms with van der Waals surface area (Å²) in [6, 6.07) is 7.12. The number of rotatable bonds is 13. The predicted molar refractivity (Wildman–Crippen MR) is 99.2 cm³/mol. The van der Waals surface area contributed by atoms with Gasteiger partial charge < -0.3 is 9.84 Å². The minimum atomic E-state index is -0.0745. The minimum absolute atomic E-state index is 0.0647. The first-order valence-corrected chi connectivity index (χ1v) is 9.61. The van der Waals surface area contributed by atoms with E-state index in [1.165, 1.54) is 25.7 Å². The predicted octanol–water partition coefficient (Wildman–Crippen LogP) is 5.64. The fourth-order valence-corrected chi connectivity index (χ4v) is 2.84. The van der Waals surface area contributed by atoms with Crippen molar-refractivity contribution in [3.05, 3.63) is 29.8 Å². The lowest BCUT2D eigenvalue weighted by molar-refractivity contribution is -0.149. The second-order valence-electron chi connectivity index (χ2n) is 6.64. The molecule has 3 heteroatoms. The van der Waals surface area contributed by atoms with Gasteiger partial charge in [-0.2, -0.15) is 0 Å². The molecule has 0 bridgehead atoms. The van der Waals surface area contributed by atoms with Gasteiger partial charge in [0.2, 0.25) is 0 Å². The Morgan fingerprint density at radius 1 is 0.958 bits per heavy atom. The van der Waals surface area contributed by atoms with Gasteiger partial charge in [-0.25, -0.2) is 0 Å². The van der Waals surface area contributed by atoms with E-state index in [2.05, 4.69) is 13.8 Å². The van der Waals surface area contributed by atoms with Gasteiger partial charge >= 0.3 is 5.97 Å². The molecule has 1 aromatic carbocycles. The van der Waals surface area contributed by atoms with Gasteiger partial charge in [0, 0.05) is 0 Å². The number of esters is 1. The van der Waals surface area contributed by atoms with Crippen LogP contribution in [0.25, 0.3) is 0 Å². The summed E-state index contributed by atoms with van der Waals surface area (Å²) in [6.45, 7) is 4.90. The Hall–Kier alpha value is -1.51. The molecule has 0 spiro atoms. The number of phenolic OH excluding ortho intramolecular Hbond substituents is 1. The van der Waals surface area contributed by atoms with Crippen LogP contribution in [0.5, 0.6) is 5.75 Å². The standard InChI is InChI=1S/C21H34O3/c1-3-5-7-8-9-10-16-24-21(23)19(11-6-4-2)17-18-12-14-20(22)15-13-18/h12-15,19,22H,3-11,16-17H2,1-2H3. The maximum absolute atomic E-state index is 12.4. The number of carbonyl (C=O) groups excluding carboxylic acids is 1. The van der Waals surface area contributed by atoms with Crippen LogP contribution in [-0.4, -0.2) is 17.7 Å². The van der Waals surface area contributed by atoms with Crippen LogP contribution < -0.4 is 0 Å². The molecule has 0 saturated heterocycles. The van der Waals surface area contributed by atoms with Gasteiger partial charge in [0.1, 0.15) is 5.75 Å². The quantitative estimate of drug-likeness (QED) is 0.375. The Morgan fingerprint density at radius 2 is 1.58 bits per heavy atom. The highest BCUT2D eigenvalue weighted by Crippen LogP contribution is 2.19. The molecule has 1 atom stereocenters. The molecule has 1 unspecified atom stereocenters. The lowest BCUT2D eigenvalue weighted by Crippen LogP contribution is -2.20. The van der Waals surface area contributed by atoms with Crippen molar-refractivity contribution in [2.24, 2.45) is 5.92 Å². The highest BCUT2D eigenvalue weighted by molar-refractivity contribution is 5.72. The first-order chi connectivity index (χ1) is 11.7. The van der Waals surface area contributed by atoms with E-state index in [9.17, 15) is 9.90 Å². The molecule has 0 aromatic heterocycles. The molecule has 0 amide bonds. The third-order valence-electron chi connectivity index (χ3n) is 4.40. The van der Waals surface area contributed by atoms with E-state index in [0.717, 1.165) is 37.7 Å². The minimum Gasteiger partial charge on any atom is -0.508 e. The Bertz CT molecular complexity index is 439. The average Bonchev–Trinajstić information content (AvgIpc) is 2.59. The fourth-order valence-electron chi connectivity index (χ4n) is 2.84. The van der Waals surface area contributed by atoms with Crippen molar-refractivity contribution in [3.63, 3.8) is 0 Å². The Balaban J connectivity index is 2.36. The smallest absolute Gasteiger partial charge is 0.309 e. The van der Waals surface area contributed by atoms with Crippen molar-refractivity contribution in [1.29, 1.82) is 0 Å². The molecule has 0 fully saturated rings. The maximum Gasteiger partial charge on any atom is 0.309 e. The first kappa shape index (κ1) is 20.5. The number of unbranched alkanes of at least 4 members (excludes halogenated alkanes) is 6. The zero-order valence-corrected chi connectivity index (χ0v) is 15.4. The van der Waals surface area contributed by atoms with Crippen molar-refractivity contribution in [2.75, 3.05) is 6.61 Å². The highest BCUT2D eigenvalue weighted by Gasteiger charge is 2.20. The molecule has 3 nitrogen and oxygen atoms in total. The summed E-state index contributed by atoms with van der Waals surface area (Å²) in [6.07, 6.45) is 10.9. The second-order valence-corrected chi connectivity index (χ2v) is 6.64. The molecule has 24 heavy (non-hydrogen) atoms. The molecule has 0 aliphatic rings. The molecule has 0 aliphatic carbocycles. The van der Waals surface area contributed by atoms with E-state index in [1.54, 1.807) is 12.1 Å². The summed E-state index contributed by atoms with van der Waals surface area (Å²) in [5.41, 5.74) is 1.07. The largest absolute Gasteiger partial charge is 0.508 e. The zero-order valence-electron chi connectivity index (χ0n) is 15.4. The molecule has 0 saturated carbocycles. The molecule has 136 valence electrons. The van der Waals surface area contributed by atoms with Gasteiger partial charge in [0.05, 0.1) is 12.5 Å². The molecule has 1 rings (SSSR count). The normalized spacial score (nSPS) is 12.1. The van der Waals surface area contributed by atoms with Gasteiger partial charge in [-0.05, 0) is 37.0 Å². The number of hydrogen-bond donors (Lipinski definition) is 1. The van der Waals surface area contributed by atoms with Crippen LogP contribution in [0.1, 0.15) is 77.2 Å². The monoisotopic (exact) mass is 334 g/mol. The summed E-state index contributed by atoms with van der Waals surface area (Å²) in [5.74, 6) is 0.120. The SMILES string of the molecule is CCCCCCCCOC(=O)C(CCCC)Cc1ccc(O)cc1. The summed E-state index contributed by atoms with van der Waals surface area (Å²) in [4.78, 5) is 12.4. The Kier molecular flexibility index (Phi) is 11.0. The topological polar surface area (TPSA) is 46.5 Å². The molecular formula is C21H34O3. The van der Waals surface area contributed by atoms with Crippen molar-refractivity contribution in [3.8, 4) is 5.75 Å². The molecule has 0 heterocycles. The van der Waals surface area contributed by atoms with E-state index in [-0.39, 0.29) is 17.6 Å². The second kappa shape index (κ2) is 12.9. The van der Waals surface area contributed by atoms with Crippen LogP contribution in [0.4, 0.5) is 0 Å². The van der Waals surface area contributed by atoms with Crippen LogP contribution in [-0.2, 0) is 16.0 Å². The van der Waals surface area contributed by atoms with Crippen molar-refractivity contribution in [1.82, 2.24) is 0 Å². The lowest BCUT2D eigenvalue weighted by atomic mass is 9.94. The number of hydrogen-bond acceptors (Lipinski definition) is 3. The van der Waals surface area contributed by atoms with Gasteiger partial charge in [-0.1, -0.05) is 70.9 Å². The highest BCUT2D eigenvalue weighted by atomic mass is 16.5. The number of aromatic hydroxyl groups is 1. The van der Waals surface area contributed by atoms with Crippen LogP contribution in [0.2, 0.25) is 0 Å². The summed E-state index contributed by atoms with van der Waals surface area (Å²) >= 11 is 0. The third kappa shape index (κ3) is 8.95. The molecule has 1 N–H and O–H groups in total. The third-order valence-corrected chi connectivity index (χ3v) is 4.40. The zero-order chi connectivity index (χ0) is 17.6. The summed E-state index contributed by atoms with van der Waals surface area (Å²) in [5, 5.41) is 9.37. The summed E-state index contributed by atoms with van der Waals surface area (Å²) < 4.78 is 5.52. The van der Waals surface area contributed by atoms with Gasteiger partial charge in [0.15, 0.2) is 0 Å². The van der Waals surface area contributed by atoms with E-state index in [0.29, 0.717) is 13.0 Å². The maximum atomic E-state index is 12.4. The number of phenols is 1. The number of ether oxygens (including phenoxy) is 1. The molecule has 0 aliphatic heterocycles. The fraction of sp³-hybridized carbons (Fsp3) is 0.667. The van der Waals surface area contributed by atoms with E-state index < -0.39 is 0 Å². The van der Waals surface area contributed by atoms with E-state index in [4.69, 9.17) is 4.74 Å². The first-order valence-electron chi connectivity index (χ1n) is 9.61. The van der Waals surface area contributed by atoms with E-state index in [1.807, 2.05) is 12.1 Å². The van der Waals surface area contributed by atoms with Gasteiger partial charge in [-0.3, -0.25) is 4.79 Å². The van der Waals surface area contributed by atoms with Crippen molar-refractivity contribution < 1.29 is 14.6 Å². The van der Waals surface area contributed by atoms with Crippen LogP contribution in [0.3, 0.4) is 0 Å². The van der Waals surface area contributed by atoms with E-state index >= 15 is 0 Å². The number of benzene rings is 1. The van der Waals surface area contributed by atoms with Crippen molar-refractivity contribution in [2.45, 2.75) is 78.1 Å². The van der Waals surface area contributed by atoms with Crippen LogP contribution in [0.15, 0.2) is 24.3 Å². The average molecular weight is 334 g/mol. The molecule has 1 aromatic rings. The number of carbonyl (C=O) groups is 1. The Morgan fingerprint density at radius 3 is 2.25 bits per heavy atom. The van der Waals surface area contributed by atoms with Gasteiger partial charge in [-0.15, -0.1) is 0 Å². The van der Waals surface area contributed by atoms with Gasteiger partial charge in [0.25, 0.3) is 0 Å². The Labute approximate surface area is 147 Å². The lowest BCUT2D eigenvalue weighted by Gasteiger charge is -2.16. The molecular weight excluding hydrogens is 300 g/mol. The van der Waals surface area contributed by atoms with Crippen LogP contribution >= 0.6 is 0 Å².